The van der Waals surface area contributed by atoms with E-state index in [-0.39, 0.29) is 10.8 Å². The first kappa shape index (κ1) is 11.6. The minimum absolute atomic E-state index is 0.0508. The van der Waals surface area contributed by atoms with Crippen molar-refractivity contribution in [3.63, 3.8) is 0 Å². The van der Waals surface area contributed by atoms with Crippen molar-refractivity contribution in [2.45, 2.75) is 24.0 Å². The molecule has 0 N–H and O–H groups in total. The molecule has 18 heavy (non-hydrogen) atoms. The highest BCUT2D eigenvalue weighted by Gasteiger charge is 2.25. The summed E-state index contributed by atoms with van der Waals surface area (Å²) in [6, 6.07) is 4.09. The maximum absolute atomic E-state index is 12.4. The number of hydrogen-bond acceptors (Lipinski definition) is 2. The fraction of sp³-hybridized carbons (Fsp3) is 0.333. The van der Waals surface area contributed by atoms with Gasteiger partial charge in [0.25, 0.3) is 5.56 Å². The van der Waals surface area contributed by atoms with Gasteiger partial charge in [-0.2, -0.15) is 0 Å². The summed E-state index contributed by atoms with van der Waals surface area (Å²) in [5, 5.41) is 1.54. The molecule has 3 rings (SSSR count). The summed E-state index contributed by atoms with van der Waals surface area (Å²) in [5.74, 6) is 0.624. The average Bonchev–Trinajstić information content (AvgIpc) is 3.11. The Bertz CT molecular complexity index is 671. The summed E-state index contributed by atoms with van der Waals surface area (Å²) in [7, 11) is 6.10. The predicted octanol–water partition coefficient (Wildman–Crippen LogP) is -1.26. The lowest BCUT2D eigenvalue weighted by Gasteiger charge is -2.22. The van der Waals surface area contributed by atoms with Crippen LogP contribution in [0.25, 0.3) is 10.8 Å². The number of fused-ring (bicyclic) bond motifs is 1. The van der Waals surface area contributed by atoms with Gasteiger partial charge in [-0.05, 0) is 35.6 Å². The first-order valence-corrected chi connectivity index (χ1v) is 6.48. The molecule has 1 aliphatic carbocycles. The summed E-state index contributed by atoms with van der Waals surface area (Å²) in [6.07, 6.45) is 6.10. The van der Waals surface area contributed by atoms with Crippen LogP contribution in [-0.2, 0) is 5.24 Å². The zero-order valence-corrected chi connectivity index (χ0v) is 11.1. The fourth-order valence-electron chi connectivity index (χ4n) is 2.29. The Morgan fingerprint density at radius 1 is 1.33 bits per heavy atom. The van der Waals surface area contributed by atoms with E-state index in [1.54, 1.807) is 10.8 Å². The van der Waals surface area contributed by atoms with Crippen LogP contribution >= 0.6 is 0 Å². The van der Waals surface area contributed by atoms with Gasteiger partial charge in [-0.1, -0.05) is 0 Å². The first-order chi connectivity index (χ1) is 8.47. The van der Waals surface area contributed by atoms with E-state index in [1.165, 1.54) is 12.8 Å². The SMILES string of the molecule is BC(B)(B)n1ccc2cc(C3CC3)ncc2c1=O. The molecule has 6 heteroatoms. The molecule has 2 aromatic rings. The van der Waals surface area contributed by atoms with Crippen molar-refractivity contribution in [3.05, 3.63) is 40.6 Å². The number of pyridine rings is 2. The maximum atomic E-state index is 12.4. The van der Waals surface area contributed by atoms with E-state index in [0.29, 0.717) is 5.92 Å². The highest BCUT2D eigenvalue weighted by Crippen LogP contribution is 2.39. The van der Waals surface area contributed by atoms with Gasteiger partial charge in [-0.3, -0.25) is 9.78 Å². The van der Waals surface area contributed by atoms with E-state index in [9.17, 15) is 4.79 Å². The fourth-order valence-corrected chi connectivity index (χ4v) is 2.29. The zero-order chi connectivity index (χ0) is 12.9. The molecule has 0 aliphatic heterocycles. The van der Waals surface area contributed by atoms with Crippen LogP contribution < -0.4 is 5.56 Å². The lowest BCUT2D eigenvalue weighted by Crippen LogP contribution is -2.42. The van der Waals surface area contributed by atoms with E-state index in [4.69, 9.17) is 0 Å². The molecule has 0 bridgehead atoms. The van der Waals surface area contributed by atoms with E-state index in [0.717, 1.165) is 16.5 Å². The molecule has 3 nitrogen and oxygen atoms in total. The third-order valence-electron chi connectivity index (χ3n) is 3.53. The van der Waals surface area contributed by atoms with Gasteiger partial charge >= 0.3 is 0 Å². The third kappa shape index (κ3) is 1.90. The monoisotopic (exact) mass is 236 g/mol. The summed E-state index contributed by atoms with van der Waals surface area (Å²) in [6.45, 7) is 0. The Kier molecular flexibility index (Phi) is 2.44. The summed E-state index contributed by atoms with van der Waals surface area (Å²) in [5.41, 5.74) is 1.19. The van der Waals surface area contributed by atoms with E-state index in [2.05, 4.69) is 11.1 Å². The van der Waals surface area contributed by atoms with Gasteiger partial charge in [0.05, 0.1) is 5.39 Å². The van der Waals surface area contributed by atoms with E-state index < -0.39 is 0 Å². The molecule has 0 spiro atoms. The minimum Gasteiger partial charge on any atom is -0.333 e. The van der Waals surface area contributed by atoms with Gasteiger partial charge in [-0.25, -0.2) is 0 Å². The van der Waals surface area contributed by atoms with Gasteiger partial charge in [0, 0.05) is 24.0 Å². The molecule has 0 atom stereocenters. The van der Waals surface area contributed by atoms with Crippen molar-refractivity contribution >= 4 is 34.3 Å². The first-order valence-electron chi connectivity index (χ1n) is 6.48. The standard InChI is InChI=1S/C12H15B3N2O/c13-12(14,15)17-4-3-8-5-10(7-1-2-7)16-6-9(8)11(17)18/h3-7H,1-2,13-15H2. The van der Waals surface area contributed by atoms with Crippen LogP contribution in [0.1, 0.15) is 24.5 Å². The van der Waals surface area contributed by atoms with Gasteiger partial charge in [0.15, 0.2) is 0 Å². The molecule has 0 saturated heterocycles. The third-order valence-corrected chi connectivity index (χ3v) is 3.53. The zero-order valence-electron chi connectivity index (χ0n) is 11.1. The van der Waals surface area contributed by atoms with Crippen molar-refractivity contribution in [2.75, 3.05) is 0 Å². The molecule has 1 saturated carbocycles. The van der Waals surface area contributed by atoms with E-state index >= 15 is 0 Å². The topological polar surface area (TPSA) is 34.9 Å². The van der Waals surface area contributed by atoms with Crippen molar-refractivity contribution < 1.29 is 0 Å². The molecule has 2 aromatic heterocycles. The van der Waals surface area contributed by atoms with Gasteiger partial charge in [-0.15, -0.1) is 0 Å². The minimum atomic E-state index is -0.194. The smallest absolute Gasteiger partial charge is 0.258 e. The van der Waals surface area contributed by atoms with Crippen molar-refractivity contribution in [1.82, 2.24) is 9.55 Å². The second-order valence-corrected chi connectivity index (χ2v) is 6.13. The van der Waals surface area contributed by atoms with Crippen LogP contribution in [0.3, 0.4) is 0 Å². The highest BCUT2D eigenvalue weighted by atomic mass is 16.1. The van der Waals surface area contributed by atoms with Crippen LogP contribution in [0.5, 0.6) is 0 Å². The quantitative estimate of drug-likeness (QED) is 0.610. The molecular weight excluding hydrogens is 221 g/mol. The summed E-state index contributed by atoms with van der Waals surface area (Å²) in [4.78, 5) is 16.8. The van der Waals surface area contributed by atoms with Crippen molar-refractivity contribution in [3.8, 4) is 0 Å². The summed E-state index contributed by atoms with van der Waals surface area (Å²) < 4.78 is 1.77. The molecule has 0 aromatic carbocycles. The number of hydrogen-bond donors (Lipinski definition) is 0. The molecule has 2 heterocycles. The molecule has 1 aliphatic rings. The second kappa shape index (κ2) is 3.77. The largest absolute Gasteiger partial charge is 0.333 e. The van der Waals surface area contributed by atoms with Crippen LogP contribution in [0, 0.1) is 0 Å². The molecule has 0 amide bonds. The summed E-state index contributed by atoms with van der Waals surface area (Å²) >= 11 is 0. The Morgan fingerprint density at radius 2 is 2.06 bits per heavy atom. The predicted molar refractivity (Wildman–Crippen MR) is 81.6 cm³/mol. The van der Waals surface area contributed by atoms with Crippen LogP contribution in [-0.4, -0.2) is 33.1 Å². The molecular formula is C12H15B3N2O. The Morgan fingerprint density at radius 3 is 2.67 bits per heavy atom. The maximum Gasteiger partial charge on any atom is 0.258 e. The second-order valence-electron chi connectivity index (χ2n) is 6.13. The van der Waals surface area contributed by atoms with Crippen molar-refractivity contribution in [2.24, 2.45) is 0 Å². The molecule has 1 fully saturated rings. The number of rotatable bonds is 2. The van der Waals surface area contributed by atoms with Crippen LogP contribution in [0.4, 0.5) is 0 Å². The lowest BCUT2D eigenvalue weighted by molar-refractivity contribution is 0.752. The van der Waals surface area contributed by atoms with Gasteiger partial charge < -0.3 is 4.57 Å². The lowest BCUT2D eigenvalue weighted by atomic mass is 9.49. The Balaban J connectivity index is 2.21. The van der Waals surface area contributed by atoms with Gasteiger partial charge in [0.2, 0.25) is 0 Å². The Labute approximate surface area is 109 Å². The van der Waals surface area contributed by atoms with Crippen LogP contribution in [0.15, 0.2) is 29.3 Å². The normalized spacial score (nSPS) is 16.0. The van der Waals surface area contributed by atoms with Gasteiger partial charge in [0.1, 0.15) is 23.5 Å². The molecule has 0 unspecified atom stereocenters. The number of nitrogens with zero attached hydrogens (tertiary/aromatic N) is 2. The van der Waals surface area contributed by atoms with Crippen molar-refractivity contribution in [1.29, 1.82) is 0 Å². The molecule has 0 radical (unpaired) electrons. The van der Waals surface area contributed by atoms with E-state index in [1.807, 2.05) is 35.8 Å². The number of aromatic nitrogens is 2. The highest BCUT2D eigenvalue weighted by molar-refractivity contribution is 6.56. The Hall–Kier alpha value is -1.45. The molecule has 88 valence electrons. The average molecular weight is 236 g/mol. The van der Waals surface area contributed by atoms with Crippen LogP contribution in [0.2, 0.25) is 0 Å².